The zero-order valence-electron chi connectivity index (χ0n) is 10.4. The molecule has 0 radical (unpaired) electrons. The summed E-state index contributed by atoms with van der Waals surface area (Å²) in [6.07, 6.45) is 3.61. The van der Waals surface area contributed by atoms with Crippen LogP contribution < -0.4 is 5.32 Å². The van der Waals surface area contributed by atoms with Crippen molar-refractivity contribution >= 4 is 23.2 Å². The number of benzene rings is 1. The number of nitrogens with one attached hydrogen (secondary N) is 1. The van der Waals surface area contributed by atoms with Crippen molar-refractivity contribution in [2.45, 2.75) is 39.2 Å². The van der Waals surface area contributed by atoms with Gasteiger partial charge in [0, 0.05) is 22.6 Å². The van der Waals surface area contributed by atoms with Crippen molar-refractivity contribution in [3.8, 4) is 0 Å². The third-order valence-corrected chi connectivity index (χ3v) is 4.02. The highest BCUT2D eigenvalue weighted by molar-refractivity contribution is 6.33. The second kappa shape index (κ2) is 5.17. The minimum atomic E-state index is 0.415. The molecular formula is C14H19Cl2N. The highest BCUT2D eigenvalue weighted by Gasteiger charge is 2.42. The first-order chi connectivity index (χ1) is 8.01. The van der Waals surface area contributed by atoms with Gasteiger partial charge in [0.25, 0.3) is 0 Å². The second-order valence-electron chi connectivity index (χ2n) is 5.45. The molecule has 0 amide bonds. The first-order valence-electron chi connectivity index (χ1n) is 6.18. The zero-order valence-corrected chi connectivity index (χ0v) is 11.9. The third-order valence-electron chi connectivity index (χ3n) is 3.42. The minimum Gasteiger partial charge on any atom is -0.314 e. The van der Waals surface area contributed by atoms with Crippen molar-refractivity contribution in [3.05, 3.63) is 33.8 Å². The van der Waals surface area contributed by atoms with E-state index in [9.17, 15) is 0 Å². The molecule has 94 valence electrons. The Morgan fingerprint density at radius 3 is 2.59 bits per heavy atom. The summed E-state index contributed by atoms with van der Waals surface area (Å²) in [6.45, 7) is 5.44. The van der Waals surface area contributed by atoms with E-state index in [4.69, 9.17) is 23.2 Å². The lowest BCUT2D eigenvalue weighted by molar-refractivity contribution is 0.429. The van der Waals surface area contributed by atoms with Crippen LogP contribution in [0.2, 0.25) is 10.0 Å². The fourth-order valence-electron chi connectivity index (χ4n) is 2.10. The Morgan fingerprint density at radius 1 is 1.29 bits per heavy atom. The first kappa shape index (κ1) is 13.2. The molecule has 1 aliphatic rings. The largest absolute Gasteiger partial charge is 0.314 e. The van der Waals surface area contributed by atoms with Crippen molar-refractivity contribution in [1.29, 1.82) is 0 Å². The van der Waals surface area contributed by atoms with Gasteiger partial charge in [-0.15, -0.1) is 0 Å². The van der Waals surface area contributed by atoms with Crippen LogP contribution in [0.5, 0.6) is 0 Å². The quantitative estimate of drug-likeness (QED) is 0.842. The van der Waals surface area contributed by atoms with Crippen molar-refractivity contribution < 1.29 is 0 Å². The summed E-state index contributed by atoms with van der Waals surface area (Å²) in [4.78, 5) is 0. The van der Waals surface area contributed by atoms with Crippen LogP contribution in [-0.2, 0) is 6.42 Å². The standard InChI is InChI=1S/C14H19Cl2N/c1-10(2)17-9-14(5-6-14)8-11-7-12(15)3-4-13(11)16/h3-4,7,10,17H,5-6,8-9H2,1-2H3. The van der Waals surface area contributed by atoms with Crippen LogP contribution in [0.25, 0.3) is 0 Å². The van der Waals surface area contributed by atoms with E-state index >= 15 is 0 Å². The van der Waals surface area contributed by atoms with Gasteiger partial charge < -0.3 is 5.32 Å². The van der Waals surface area contributed by atoms with E-state index in [2.05, 4.69) is 19.2 Å². The summed E-state index contributed by atoms with van der Waals surface area (Å²) in [5.41, 5.74) is 1.60. The Balaban J connectivity index is 2.02. The summed E-state index contributed by atoms with van der Waals surface area (Å²) >= 11 is 12.2. The van der Waals surface area contributed by atoms with Gasteiger partial charge in [0.15, 0.2) is 0 Å². The van der Waals surface area contributed by atoms with Crippen LogP contribution in [0.4, 0.5) is 0 Å². The predicted molar refractivity (Wildman–Crippen MR) is 75.0 cm³/mol. The van der Waals surface area contributed by atoms with Gasteiger partial charge in [-0.2, -0.15) is 0 Å². The van der Waals surface area contributed by atoms with Gasteiger partial charge in [0.1, 0.15) is 0 Å². The Labute approximate surface area is 114 Å². The number of hydrogen-bond acceptors (Lipinski definition) is 1. The Bertz CT molecular complexity index is 397. The number of hydrogen-bond donors (Lipinski definition) is 1. The fourth-order valence-corrected chi connectivity index (χ4v) is 2.48. The van der Waals surface area contributed by atoms with Crippen LogP contribution in [0, 0.1) is 5.41 Å². The average Bonchev–Trinajstić information content (AvgIpc) is 3.02. The van der Waals surface area contributed by atoms with Gasteiger partial charge in [-0.1, -0.05) is 37.0 Å². The molecule has 1 aliphatic carbocycles. The van der Waals surface area contributed by atoms with Gasteiger partial charge in [-0.25, -0.2) is 0 Å². The van der Waals surface area contributed by atoms with E-state index < -0.39 is 0 Å². The molecule has 1 saturated carbocycles. The molecule has 2 rings (SSSR count). The monoisotopic (exact) mass is 271 g/mol. The molecular weight excluding hydrogens is 253 g/mol. The van der Waals surface area contributed by atoms with E-state index in [0.29, 0.717) is 11.5 Å². The molecule has 0 heterocycles. The average molecular weight is 272 g/mol. The Hall–Kier alpha value is -0.240. The van der Waals surface area contributed by atoms with Crippen LogP contribution in [-0.4, -0.2) is 12.6 Å². The first-order valence-corrected chi connectivity index (χ1v) is 6.94. The summed E-state index contributed by atoms with van der Waals surface area (Å²) in [7, 11) is 0. The number of halogens is 2. The summed E-state index contributed by atoms with van der Waals surface area (Å²) in [5, 5.41) is 5.14. The molecule has 0 spiro atoms. The molecule has 1 nitrogen and oxygen atoms in total. The Morgan fingerprint density at radius 2 is 2.00 bits per heavy atom. The SMILES string of the molecule is CC(C)NCC1(Cc2cc(Cl)ccc2Cl)CC1. The molecule has 0 saturated heterocycles. The van der Waals surface area contributed by atoms with Crippen LogP contribution >= 0.6 is 23.2 Å². The summed E-state index contributed by atoms with van der Waals surface area (Å²) in [6, 6.07) is 6.28. The molecule has 0 aromatic heterocycles. The van der Waals surface area contributed by atoms with E-state index in [1.807, 2.05) is 18.2 Å². The van der Waals surface area contributed by atoms with Crippen molar-refractivity contribution in [3.63, 3.8) is 0 Å². The molecule has 1 N–H and O–H groups in total. The van der Waals surface area contributed by atoms with Crippen LogP contribution in [0.1, 0.15) is 32.3 Å². The minimum absolute atomic E-state index is 0.415. The normalized spacial score (nSPS) is 17.5. The summed E-state index contributed by atoms with van der Waals surface area (Å²) < 4.78 is 0. The summed E-state index contributed by atoms with van der Waals surface area (Å²) in [5.74, 6) is 0. The molecule has 0 atom stereocenters. The lowest BCUT2D eigenvalue weighted by Gasteiger charge is -2.19. The van der Waals surface area contributed by atoms with Crippen molar-refractivity contribution in [2.24, 2.45) is 5.41 Å². The maximum atomic E-state index is 6.21. The van der Waals surface area contributed by atoms with Gasteiger partial charge in [-0.3, -0.25) is 0 Å². The molecule has 1 aromatic rings. The highest BCUT2D eigenvalue weighted by atomic mass is 35.5. The molecule has 0 unspecified atom stereocenters. The van der Waals surface area contributed by atoms with Gasteiger partial charge in [0.2, 0.25) is 0 Å². The lowest BCUT2D eigenvalue weighted by Crippen LogP contribution is -2.31. The maximum absolute atomic E-state index is 6.21. The van der Waals surface area contributed by atoms with E-state index in [1.165, 1.54) is 18.4 Å². The second-order valence-corrected chi connectivity index (χ2v) is 6.29. The lowest BCUT2D eigenvalue weighted by atomic mass is 9.96. The third kappa shape index (κ3) is 3.61. The molecule has 3 heteroatoms. The van der Waals surface area contributed by atoms with E-state index in [-0.39, 0.29) is 0 Å². The van der Waals surface area contributed by atoms with Crippen molar-refractivity contribution in [2.75, 3.05) is 6.54 Å². The fraction of sp³-hybridized carbons (Fsp3) is 0.571. The molecule has 17 heavy (non-hydrogen) atoms. The molecule has 1 aromatic carbocycles. The van der Waals surface area contributed by atoms with Crippen LogP contribution in [0.15, 0.2) is 18.2 Å². The topological polar surface area (TPSA) is 12.0 Å². The van der Waals surface area contributed by atoms with Crippen molar-refractivity contribution in [1.82, 2.24) is 5.32 Å². The molecule has 0 aliphatic heterocycles. The maximum Gasteiger partial charge on any atom is 0.0439 e. The molecule has 1 fully saturated rings. The highest BCUT2D eigenvalue weighted by Crippen LogP contribution is 2.48. The van der Waals surface area contributed by atoms with Gasteiger partial charge in [0.05, 0.1) is 0 Å². The number of rotatable bonds is 5. The van der Waals surface area contributed by atoms with Gasteiger partial charge >= 0.3 is 0 Å². The smallest absolute Gasteiger partial charge is 0.0439 e. The van der Waals surface area contributed by atoms with Gasteiger partial charge in [-0.05, 0) is 48.4 Å². The zero-order chi connectivity index (χ0) is 12.5. The van der Waals surface area contributed by atoms with E-state index in [1.54, 1.807) is 0 Å². The van der Waals surface area contributed by atoms with E-state index in [0.717, 1.165) is 23.0 Å². The predicted octanol–water partition coefficient (Wildman–Crippen LogP) is 4.31. The van der Waals surface area contributed by atoms with Crippen LogP contribution in [0.3, 0.4) is 0 Å². The molecule has 0 bridgehead atoms. The Kier molecular flexibility index (Phi) is 4.02.